The van der Waals surface area contributed by atoms with Gasteiger partial charge < -0.3 is 14.3 Å². The van der Waals surface area contributed by atoms with Gasteiger partial charge in [-0.2, -0.15) is 0 Å². The minimum Gasteiger partial charge on any atom is -0.444 e. The van der Waals surface area contributed by atoms with Crippen LogP contribution in [0.5, 0.6) is 0 Å². The molecule has 1 fully saturated rings. The lowest BCUT2D eigenvalue weighted by atomic mass is 9.81. The predicted molar refractivity (Wildman–Crippen MR) is 139 cm³/mol. The van der Waals surface area contributed by atoms with Crippen molar-refractivity contribution < 1.29 is 19.1 Å². The molecule has 0 radical (unpaired) electrons. The van der Waals surface area contributed by atoms with Crippen LogP contribution in [-0.4, -0.2) is 48.2 Å². The highest BCUT2D eigenvalue weighted by Gasteiger charge is 2.55. The molecule has 2 unspecified atom stereocenters. The van der Waals surface area contributed by atoms with Crippen molar-refractivity contribution in [2.24, 2.45) is 0 Å². The molecule has 188 valence electrons. The van der Waals surface area contributed by atoms with Crippen molar-refractivity contribution in [3.8, 4) is 0 Å². The van der Waals surface area contributed by atoms with Gasteiger partial charge in [-0.1, -0.05) is 63.4 Å². The molecule has 0 bridgehead atoms. The maximum Gasteiger partial charge on any atom is 0.410 e. The zero-order valence-electron chi connectivity index (χ0n) is 21.6. The topological polar surface area (TPSA) is 59.0 Å². The first-order chi connectivity index (χ1) is 14.9. The lowest BCUT2D eigenvalue weighted by Gasteiger charge is -2.42. The molecule has 33 heavy (non-hydrogen) atoms. The fraction of sp³-hybridized carbons (Fsp3) is 0.720. The average molecular weight is 519 g/mol. The summed E-state index contributed by atoms with van der Waals surface area (Å²) in [6, 6.07) is 5.13. The van der Waals surface area contributed by atoms with Crippen LogP contribution in [-0.2, 0) is 9.16 Å². The van der Waals surface area contributed by atoms with Crippen LogP contribution in [0.1, 0.15) is 79.4 Å². The van der Waals surface area contributed by atoms with Crippen LogP contribution in [0.25, 0.3) is 0 Å². The molecule has 0 aromatic heterocycles. The first-order valence-corrected chi connectivity index (χ1v) is 15.4. The van der Waals surface area contributed by atoms with Gasteiger partial charge in [-0.3, -0.25) is 4.90 Å². The Morgan fingerprint density at radius 2 is 1.82 bits per heavy atom. The second kappa shape index (κ2) is 10.1. The third-order valence-electron chi connectivity index (χ3n) is 6.84. The van der Waals surface area contributed by atoms with Crippen LogP contribution >= 0.6 is 23.2 Å². The number of hydrogen-bond donors (Lipinski definition) is 1. The van der Waals surface area contributed by atoms with Crippen LogP contribution in [0.3, 0.4) is 0 Å². The number of carbonyl (C=O) groups is 1. The molecule has 1 saturated heterocycles. The predicted octanol–water partition coefficient (Wildman–Crippen LogP) is 7.60. The monoisotopic (exact) mass is 517 g/mol. The molecule has 0 spiro atoms. The number of carbonyl (C=O) groups excluding carboxylic acids is 1. The van der Waals surface area contributed by atoms with E-state index in [1.165, 1.54) is 0 Å². The Balaban J connectivity index is 2.53. The summed E-state index contributed by atoms with van der Waals surface area (Å²) in [5.41, 5.74) is -0.900. The van der Waals surface area contributed by atoms with E-state index >= 15 is 0 Å². The summed E-state index contributed by atoms with van der Waals surface area (Å²) in [5, 5.41) is 12.5. The Bertz CT molecular complexity index is 850. The standard InChI is InChI=1S/C25H41Cl2NO4Si/c1-10-13-25(21(29)17-11-12-19(26)20(27)14-17)15-18(32-33(8,9)24(5,6)7)16-28(25)22(30)31-23(2,3)4/h11-12,14,18,21,29H,10,13,15-16H2,1-9H3/t18?,21?,25-/m1/s1. The summed E-state index contributed by atoms with van der Waals surface area (Å²) in [7, 11) is -2.10. The van der Waals surface area contributed by atoms with Gasteiger partial charge in [0.15, 0.2) is 8.32 Å². The van der Waals surface area contributed by atoms with Gasteiger partial charge in [-0.05, 0) is 63.0 Å². The molecular formula is C25H41Cl2NO4Si. The van der Waals surface area contributed by atoms with Gasteiger partial charge in [-0.15, -0.1) is 0 Å². The van der Waals surface area contributed by atoms with E-state index in [9.17, 15) is 9.90 Å². The van der Waals surface area contributed by atoms with Crippen LogP contribution in [0.4, 0.5) is 4.79 Å². The van der Waals surface area contributed by atoms with E-state index in [1.807, 2.05) is 20.8 Å². The smallest absolute Gasteiger partial charge is 0.410 e. The van der Waals surface area contributed by atoms with Gasteiger partial charge >= 0.3 is 6.09 Å². The summed E-state index contributed by atoms with van der Waals surface area (Å²) in [4.78, 5) is 15.1. The Hall–Kier alpha value is -0.793. The van der Waals surface area contributed by atoms with Crippen molar-refractivity contribution in [2.45, 2.75) is 109 Å². The molecular weight excluding hydrogens is 477 g/mol. The zero-order valence-corrected chi connectivity index (χ0v) is 24.1. The number of likely N-dealkylation sites (tertiary alicyclic amines) is 1. The van der Waals surface area contributed by atoms with E-state index in [-0.39, 0.29) is 11.1 Å². The minimum atomic E-state index is -2.10. The average Bonchev–Trinajstić information content (AvgIpc) is 3.00. The van der Waals surface area contributed by atoms with Crippen molar-refractivity contribution in [3.05, 3.63) is 33.8 Å². The molecule has 1 N–H and O–H groups in total. The van der Waals surface area contributed by atoms with Crippen molar-refractivity contribution in [1.29, 1.82) is 0 Å². The molecule has 1 aromatic rings. The number of benzene rings is 1. The maximum atomic E-state index is 13.4. The minimum absolute atomic E-state index is 0.0298. The van der Waals surface area contributed by atoms with E-state index in [0.29, 0.717) is 35.0 Å². The summed E-state index contributed by atoms with van der Waals surface area (Å²) < 4.78 is 12.5. The lowest BCUT2D eigenvalue weighted by Crippen LogP contribution is -2.52. The van der Waals surface area contributed by atoms with Crippen LogP contribution in [0.2, 0.25) is 28.2 Å². The zero-order chi connectivity index (χ0) is 25.4. The normalized spacial score (nSPS) is 23.0. The van der Waals surface area contributed by atoms with E-state index in [1.54, 1.807) is 23.1 Å². The van der Waals surface area contributed by atoms with Crippen LogP contribution in [0.15, 0.2) is 18.2 Å². The third kappa shape index (κ3) is 6.46. The second-order valence-corrected chi connectivity index (χ2v) is 17.3. The molecule has 1 heterocycles. The van der Waals surface area contributed by atoms with Gasteiger partial charge in [-0.25, -0.2) is 4.79 Å². The molecule has 0 saturated carbocycles. The number of aliphatic hydroxyl groups excluding tert-OH is 1. The first-order valence-electron chi connectivity index (χ1n) is 11.7. The molecule has 1 aromatic carbocycles. The van der Waals surface area contributed by atoms with Gasteiger partial charge in [0.2, 0.25) is 0 Å². The van der Waals surface area contributed by atoms with Crippen LogP contribution < -0.4 is 0 Å². The number of ether oxygens (including phenoxy) is 1. The number of halogens is 2. The van der Waals surface area contributed by atoms with Crippen molar-refractivity contribution in [3.63, 3.8) is 0 Å². The highest BCUT2D eigenvalue weighted by molar-refractivity contribution is 6.74. The highest BCUT2D eigenvalue weighted by Crippen LogP contribution is 2.48. The molecule has 1 aliphatic rings. The van der Waals surface area contributed by atoms with E-state index < -0.39 is 31.7 Å². The third-order valence-corrected chi connectivity index (χ3v) is 12.1. The number of nitrogens with zero attached hydrogens (tertiary/aromatic N) is 1. The van der Waals surface area contributed by atoms with E-state index in [2.05, 4.69) is 40.8 Å². The first kappa shape index (κ1) is 28.4. The van der Waals surface area contributed by atoms with Crippen LogP contribution in [0, 0.1) is 0 Å². The second-order valence-electron chi connectivity index (χ2n) is 11.7. The van der Waals surface area contributed by atoms with E-state index in [0.717, 1.165) is 6.42 Å². The Morgan fingerprint density at radius 3 is 2.30 bits per heavy atom. The Morgan fingerprint density at radius 1 is 1.21 bits per heavy atom. The largest absolute Gasteiger partial charge is 0.444 e. The number of hydrogen-bond acceptors (Lipinski definition) is 4. The van der Waals surface area contributed by atoms with Gasteiger partial charge in [0.25, 0.3) is 0 Å². The number of amides is 1. The summed E-state index contributed by atoms with van der Waals surface area (Å²) in [6.07, 6.45) is 0.315. The van der Waals surface area contributed by atoms with Gasteiger partial charge in [0.1, 0.15) is 11.7 Å². The van der Waals surface area contributed by atoms with Gasteiger partial charge in [0.05, 0.1) is 21.7 Å². The molecule has 0 aliphatic carbocycles. The maximum absolute atomic E-state index is 13.4. The summed E-state index contributed by atoms with van der Waals surface area (Å²) >= 11 is 12.4. The molecule has 1 aliphatic heterocycles. The highest BCUT2D eigenvalue weighted by atomic mass is 35.5. The summed E-state index contributed by atoms with van der Waals surface area (Å²) in [6.45, 7) is 19.0. The molecule has 8 heteroatoms. The number of rotatable bonds is 6. The fourth-order valence-electron chi connectivity index (χ4n) is 4.26. The Kier molecular flexibility index (Phi) is 8.67. The molecule has 1 amide bonds. The lowest BCUT2D eigenvalue weighted by molar-refractivity contribution is -0.0377. The van der Waals surface area contributed by atoms with Crippen molar-refractivity contribution >= 4 is 37.6 Å². The quantitative estimate of drug-likeness (QED) is 0.394. The SMILES string of the molecule is CCC[C@]1(C(O)c2ccc(Cl)c(Cl)c2)CC(O[Si](C)(C)C(C)(C)C)CN1C(=O)OC(C)(C)C. The fourth-order valence-corrected chi connectivity index (χ4v) is 5.91. The van der Waals surface area contributed by atoms with Crippen molar-refractivity contribution in [2.75, 3.05) is 6.54 Å². The molecule has 2 rings (SSSR count). The molecule has 3 atom stereocenters. The number of aliphatic hydroxyl groups is 1. The van der Waals surface area contributed by atoms with Crippen molar-refractivity contribution in [1.82, 2.24) is 4.90 Å². The van der Waals surface area contributed by atoms with E-state index in [4.69, 9.17) is 32.4 Å². The summed E-state index contributed by atoms with van der Waals surface area (Å²) in [5.74, 6) is 0. The van der Waals surface area contributed by atoms with Gasteiger partial charge in [0, 0.05) is 13.0 Å². The Labute approximate surface area is 210 Å². The molecule has 5 nitrogen and oxygen atoms in total.